The van der Waals surface area contributed by atoms with Crippen molar-refractivity contribution in [2.24, 2.45) is 10.7 Å². The summed E-state index contributed by atoms with van der Waals surface area (Å²) in [4.78, 5) is 8.44. The summed E-state index contributed by atoms with van der Waals surface area (Å²) in [5, 5.41) is 3.02. The fourth-order valence-electron chi connectivity index (χ4n) is 2.11. The van der Waals surface area contributed by atoms with Crippen LogP contribution in [0, 0.1) is 5.82 Å². The van der Waals surface area contributed by atoms with E-state index >= 15 is 0 Å². The third-order valence-electron chi connectivity index (χ3n) is 3.31. The highest BCUT2D eigenvalue weighted by molar-refractivity contribution is 14.0. The predicted octanol–water partition coefficient (Wildman–Crippen LogP) is 4.56. The van der Waals surface area contributed by atoms with E-state index in [9.17, 15) is 4.39 Å². The average Bonchev–Trinajstić information content (AvgIpc) is 2.63. The number of benzene rings is 2. The monoisotopic (exact) mass is 464 g/mol. The number of hydrogen-bond acceptors (Lipinski definition) is 3. The van der Waals surface area contributed by atoms with Crippen molar-refractivity contribution >= 4 is 35.6 Å². The highest BCUT2D eigenvalue weighted by atomic mass is 127. The first-order chi connectivity index (χ1) is 12.2. The molecule has 3 rings (SSSR count). The molecule has 7 heteroatoms. The number of hydrogen-bond donors (Lipinski definition) is 2. The van der Waals surface area contributed by atoms with E-state index in [1.165, 1.54) is 12.1 Å². The summed E-state index contributed by atoms with van der Waals surface area (Å²) < 4.78 is 18.5. The van der Waals surface area contributed by atoms with Crippen molar-refractivity contribution in [1.29, 1.82) is 0 Å². The van der Waals surface area contributed by atoms with Crippen molar-refractivity contribution in [3.63, 3.8) is 0 Å². The first-order valence-corrected chi connectivity index (χ1v) is 7.69. The van der Waals surface area contributed by atoms with Gasteiger partial charge >= 0.3 is 0 Å². The molecule has 3 N–H and O–H groups in total. The molecule has 0 spiro atoms. The topological polar surface area (TPSA) is 72.5 Å². The molecule has 0 unspecified atom stereocenters. The number of nitrogens with one attached hydrogen (secondary N) is 1. The summed E-state index contributed by atoms with van der Waals surface area (Å²) in [6, 6.07) is 18.9. The molecule has 26 heavy (non-hydrogen) atoms. The van der Waals surface area contributed by atoms with Crippen LogP contribution in [-0.4, -0.2) is 10.9 Å². The molecule has 2 aromatic carbocycles. The Morgan fingerprint density at radius 3 is 2.54 bits per heavy atom. The zero-order chi connectivity index (χ0) is 17.5. The Kier molecular flexibility index (Phi) is 7.34. The van der Waals surface area contributed by atoms with Gasteiger partial charge in [0.1, 0.15) is 11.6 Å². The van der Waals surface area contributed by atoms with E-state index in [1.807, 2.05) is 36.4 Å². The second kappa shape index (κ2) is 9.71. The van der Waals surface area contributed by atoms with Gasteiger partial charge in [0, 0.05) is 18.0 Å². The molecule has 3 aromatic rings. The van der Waals surface area contributed by atoms with Gasteiger partial charge < -0.3 is 15.8 Å². The summed E-state index contributed by atoms with van der Waals surface area (Å²) >= 11 is 0. The van der Waals surface area contributed by atoms with Crippen LogP contribution in [0.25, 0.3) is 0 Å². The van der Waals surface area contributed by atoms with E-state index in [-0.39, 0.29) is 29.8 Å². The largest absolute Gasteiger partial charge is 0.439 e. The van der Waals surface area contributed by atoms with Crippen molar-refractivity contribution in [2.75, 3.05) is 5.32 Å². The van der Waals surface area contributed by atoms with Crippen LogP contribution in [0.2, 0.25) is 0 Å². The fourth-order valence-corrected chi connectivity index (χ4v) is 2.11. The van der Waals surface area contributed by atoms with Gasteiger partial charge in [0.15, 0.2) is 5.96 Å². The molecule has 134 valence electrons. The molecule has 0 aliphatic carbocycles. The summed E-state index contributed by atoms with van der Waals surface area (Å²) in [6.07, 6.45) is 1.63. The van der Waals surface area contributed by atoms with Crippen LogP contribution in [0.5, 0.6) is 11.6 Å². The maximum atomic E-state index is 12.9. The van der Waals surface area contributed by atoms with E-state index < -0.39 is 0 Å². The molecule has 0 fully saturated rings. The number of para-hydroxylation sites is 1. The van der Waals surface area contributed by atoms with Gasteiger partial charge in [0.2, 0.25) is 5.88 Å². The lowest BCUT2D eigenvalue weighted by Gasteiger charge is -2.07. The maximum absolute atomic E-state index is 12.9. The first kappa shape index (κ1) is 19.6. The zero-order valence-corrected chi connectivity index (χ0v) is 16.1. The number of aromatic nitrogens is 1. The second-order valence-corrected chi connectivity index (χ2v) is 5.25. The van der Waals surface area contributed by atoms with E-state index in [0.29, 0.717) is 24.1 Å². The van der Waals surface area contributed by atoms with Crippen LogP contribution in [0.1, 0.15) is 5.56 Å². The second-order valence-electron chi connectivity index (χ2n) is 5.25. The van der Waals surface area contributed by atoms with E-state index in [4.69, 9.17) is 10.5 Å². The quantitative estimate of drug-likeness (QED) is 0.330. The summed E-state index contributed by atoms with van der Waals surface area (Å²) in [5.41, 5.74) is 7.65. The minimum Gasteiger partial charge on any atom is -0.439 e. The third-order valence-corrected chi connectivity index (χ3v) is 3.31. The summed E-state index contributed by atoms with van der Waals surface area (Å²) in [7, 11) is 0. The lowest BCUT2D eigenvalue weighted by atomic mass is 10.2. The van der Waals surface area contributed by atoms with E-state index in [1.54, 1.807) is 24.4 Å². The fraction of sp³-hybridized carbons (Fsp3) is 0.0526. The molecule has 0 aliphatic heterocycles. The van der Waals surface area contributed by atoms with Gasteiger partial charge in [-0.15, -0.1) is 24.0 Å². The molecule has 0 atom stereocenters. The van der Waals surface area contributed by atoms with Crippen molar-refractivity contribution in [3.05, 3.63) is 84.3 Å². The Hall–Kier alpha value is -2.68. The minimum atomic E-state index is -0.315. The van der Waals surface area contributed by atoms with Crippen LogP contribution >= 0.6 is 24.0 Å². The molecule has 0 saturated carbocycles. The Morgan fingerprint density at radius 2 is 1.81 bits per heavy atom. The smallest absolute Gasteiger partial charge is 0.219 e. The van der Waals surface area contributed by atoms with Crippen molar-refractivity contribution in [2.45, 2.75) is 6.54 Å². The maximum Gasteiger partial charge on any atom is 0.219 e. The van der Waals surface area contributed by atoms with Gasteiger partial charge in [0.25, 0.3) is 0 Å². The van der Waals surface area contributed by atoms with E-state index in [2.05, 4.69) is 15.3 Å². The van der Waals surface area contributed by atoms with E-state index in [0.717, 1.165) is 11.3 Å². The highest BCUT2D eigenvalue weighted by Crippen LogP contribution is 2.20. The minimum absolute atomic E-state index is 0. The number of rotatable bonds is 5. The molecular formula is C19H18FIN4O. The molecule has 1 aromatic heterocycles. The Balaban J connectivity index is 0.00000243. The lowest BCUT2D eigenvalue weighted by molar-refractivity contribution is 0.460. The van der Waals surface area contributed by atoms with Crippen molar-refractivity contribution in [3.8, 4) is 11.6 Å². The number of nitrogens with zero attached hydrogens (tertiary/aromatic N) is 2. The Labute approximate surface area is 168 Å². The molecule has 5 nitrogen and oxygen atoms in total. The number of guanidine groups is 1. The lowest BCUT2D eigenvalue weighted by Crippen LogP contribution is -2.22. The third kappa shape index (κ3) is 5.99. The molecule has 0 amide bonds. The number of aliphatic imine (C=N–C) groups is 1. The molecule has 0 bridgehead atoms. The van der Waals surface area contributed by atoms with Gasteiger partial charge in [-0.2, -0.15) is 0 Å². The summed E-state index contributed by atoms with van der Waals surface area (Å²) in [5.74, 6) is 0.933. The number of halogens is 2. The molecule has 0 aliphatic rings. The average molecular weight is 464 g/mol. The number of nitrogens with two attached hydrogens (primary N) is 1. The van der Waals surface area contributed by atoms with Gasteiger partial charge in [-0.1, -0.05) is 18.2 Å². The van der Waals surface area contributed by atoms with Gasteiger partial charge in [-0.3, -0.25) is 0 Å². The molecular weight excluding hydrogens is 446 g/mol. The number of ether oxygens (including phenoxy) is 1. The number of anilines is 1. The number of pyridine rings is 1. The van der Waals surface area contributed by atoms with Gasteiger partial charge in [-0.05, 0) is 48.0 Å². The zero-order valence-electron chi connectivity index (χ0n) is 13.8. The highest BCUT2D eigenvalue weighted by Gasteiger charge is 2.02. The summed E-state index contributed by atoms with van der Waals surface area (Å²) in [6.45, 7) is 0.383. The Morgan fingerprint density at radius 1 is 1.08 bits per heavy atom. The Bertz CT molecular complexity index is 857. The van der Waals surface area contributed by atoms with Gasteiger partial charge in [0.05, 0.1) is 6.54 Å². The van der Waals surface area contributed by atoms with Crippen molar-refractivity contribution < 1.29 is 9.13 Å². The van der Waals surface area contributed by atoms with Crippen LogP contribution in [0.15, 0.2) is 77.9 Å². The normalized spacial score (nSPS) is 10.7. The van der Waals surface area contributed by atoms with Crippen LogP contribution in [-0.2, 0) is 6.54 Å². The molecule has 0 radical (unpaired) electrons. The van der Waals surface area contributed by atoms with Crippen LogP contribution < -0.4 is 15.8 Å². The van der Waals surface area contributed by atoms with Crippen LogP contribution in [0.4, 0.5) is 10.1 Å². The van der Waals surface area contributed by atoms with Gasteiger partial charge in [-0.25, -0.2) is 14.4 Å². The molecule has 0 saturated heterocycles. The van der Waals surface area contributed by atoms with Crippen molar-refractivity contribution in [1.82, 2.24) is 4.98 Å². The standard InChI is InChI=1S/C19H17FN4O.HI/c20-15-6-8-17(9-7-15)25-18-12-14(10-11-22-18)13-23-19(21)24-16-4-2-1-3-5-16;/h1-12H,13H2,(H3,21,23,24);1H. The molecule has 1 heterocycles. The van der Waals surface area contributed by atoms with Crippen LogP contribution in [0.3, 0.4) is 0 Å². The first-order valence-electron chi connectivity index (χ1n) is 7.69. The SMILES string of the molecule is I.NC(=NCc1ccnc(Oc2ccc(F)cc2)c1)Nc1ccccc1. The predicted molar refractivity (Wildman–Crippen MR) is 112 cm³/mol.